The molecule has 3 N–H and O–H groups in total. The van der Waals surface area contributed by atoms with Gasteiger partial charge in [0.2, 0.25) is 5.91 Å². The highest BCUT2D eigenvalue weighted by atomic mass is 16.6. The van der Waals surface area contributed by atoms with Crippen molar-refractivity contribution in [2.45, 2.75) is 19.3 Å². The van der Waals surface area contributed by atoms with Crippen LogP contribution in [0.1, 0.15) is 19.3 Å². The Hall–Kier alpha value is -3.84. The molecule has 158 valence electrons. The molecule has 1 aliphatic carbocycles. The molecular formula is C24H24N4O3. The first kappa shape index (κ1) is 20.4. The Balaban J connectivity index is 1.42. The van der Waals surface area contributed by atoms with Crippen LogP contribution in [-0.2, 0) is 9.63 Å². The van der Waals surface area contributed by atoms with E-state index in [0.717, 1.165) is 28.7 Å². The van der Waals surface area contributed by atoms with Crippen LogP contribution >= 0.6 is 0 Å². The van der Waals surface area contributed by atoms with Gasteiger partial charge < -0.3 is 10.5 Å². The maximum Gasteiger partial charge on any atom is 0.228 e. The van der Waals surface area contributed by atoms with Crippen molar-refractivity contribution in [3.8, 4) is 11.4 Å². The average Bonchev–Trinajstić information content (AvgIpc) is 3.11. The summed E-state index contributed by atoms with van der Waals surface area (Å²) in [6.45, 7) is 0. The molecule has 7 heteroatoms. The number of anilines is 2. The van der Waals surface area contributed by atoms with Gasteiger partial charge in [-0.2, -0.15) is 4.73 Å². The van der Waals surface area contributed by atoms with Crippen molar-refractivity contribution in [1.29, 1.82) is 0 Å². The predicted octanol–water partition coefficient (Wildman–Crippen LogP) is 5.08. The fraction of sp³-hybridized carbons (Fsp3) is 0.167. The van der Waals surface area contributed by atoms with Crippen molar-refractivity contribution in [1.82, 2.24) is 9.71 Å². The number of fused-ring (bicyclic) bond motifs is 1. The van der Waals surface area contributed by atoms with E-state index in [4.69, 9.17) is 4.84 Å². The summed E-state index contributed by atoms with van der Waals surface area (Å²) < 4.78 is 1.04. The minimum absolute atomic E-state index is 0.0861. The van der Waals surface area contributed by atoms with Gasteiger partial charge in [0.1, 0.15) is 5.52 Å². The van der Waals surface area contributed by atoms with Crippen LogP contribution in [0.2, 0.25) is 0 Å². The molecule has 0 atom stereocenters. The van der Waals surface area contributed by atoms with E-state index in [1.807, 2.05) is 30.4 Å². The van der Waals surface area contributed by atoms with Gasteiger partial charge in [0.25, 0.3) is 0 Å². The lowest BCUT2D eigenvalue weighted by Gasteiger charge is -2.06. The standard InChI is InChI=1S/C24H24N4O3/c1-31-27-20-14-15-21-22(16-20)28(30)24(26-21)18-10-12-19(13-11-18)25-23(29)9-5-8-17-6-3-2-4-7-17/h3,5-8,10-16,27,30H,2,4,9H2,1H3,(H,25,29)/b8-5+. The van der Waals surface area contributed by atoms with Gasteiger partial charge in [-0.3, -0.25) is 15.1 Å². The number of aromatic nitrogens is 2. The molecule has 0 aliphatic heterocycles. The SMILES string of the molecule is CONc1ccc2nc(-c3ccc(NC(=O)C/C=C/C4=CCCC=C4)cc3)n(O)c2c1. The summed E-state index contributed by atoms with van der Waals surface area (Å²) >= 11 is 0. The first-order valence-corrected chi connectivity index (χ1v) is 10.1. The Morgan fingerprint density at radius 1 is 1.19 bits per heavy atom. The first-order chi connectivity index (χ1) is 15.1. The molecule has 0 saturated heterocycles. The Morgan fingerprint density at radius 3 is 2.74 bits per heavy atom. The molecule has 0 radical (unpaired) electrons. The lowest BCUT2D eigenvalue weighted by atomic mass is 10.1. The molecule has 1 aromatic heterocycles. The van der Waals surface area contributed by atoms with Crippen molar-refractivity contribution in [3.05, 3.63) is 78.4 Å². The fourth-order valence-electron chi connectivity index (χ4n) is 3.41. The van der Waals surface area contributed by atoms with Crippen LogP contribution in [0, 0.1) is 0 Å². The van der Waals surface area contributed by atoms with E-state index < -0.39 is 0 Å². The largest absolute Gasteiger partial charge is 0.426 e. The van der Waals surface area contributed by atoms with Crippen LogP contribution in [0.25, 0.3) is 22.4 Å². The van der Waals surface area contributed by atoms with Crippen molar-refractivity contribution >= 4 is 28.3 Å². The van der Waals surface area contributed by atoms with Gasteiger partial charge in [-0.1, -0.05) is 30.4 Å². The highest BCUT2D eigenvalue weighted by Crippen LogP contribution is 2.26. The van der Waals surface area contributed by atoms with E-state index in [0.29, 0.717) is 34.7 Å². The Kier molecular flexibility index (Phi) is 6.14. The third-order valence-electron chi connectivity index (χ3n) is 4.91. The van der Waals surface area contributed by atoms with Crippen molar-refractivity contribution in [3.63, 3.8) is 0 Å². The number of hydrogen-bond donors (Lipinski definition) is 3. The highest BCUT2D eigenvalue weighted by molar-refractivity contribution is 5.92. The molecule has 3 aromatic rings. The molecule has 1 amide bonds. The number of benzene rings is 2. The third-order valence-corrected chi connectivity index (χ3v) is 4.91. The number of rotatable bonds is 7. The minimum Gasteiger partial charge on any atom is -0.426 e. The van der Waals surface area contributed by atoms with Crippen LogP contribution < -0.4 is 10.8 Å². The third kappa shape index (κ3) is 4.84. The monoisotopic (exact) mass is 416 g/mol. The predicted molar refractivity (Wildman–Crippen MR) is 122 cm³/mol. The maximum atomic E-state index is 12.2. The normalized spacial score (nSPS) is 13.5. The molecule has 1 aliphatic rings. The van der Waals surface area contributed by atoms with Crippen LogP contribution in [0.4, 0.5) is 11.4 Å². The van der Waals surface area contributed by atoms with E-state index >= 15 is 0 Å². The van der Waals surface area contributed by atoms with Crippen LogP contribution in [-0.4, -0.2) is 27.9 Å². The second kappa shape index (κ2) is 9.32. The molecule has 0 unspecified atom stereocenters. The van der Waals surface area contributed by atoms with Crippen LogP contribution in [0.5, 0.6) is 0 Å². The Labute approximate surface area is 180 Å². The molecule has 0 saturated carbocycles. The van der Waals surface area contributed by atoms with Crippen LogP contribution in [0.15, 0.2) is 78.4 Å². The number of allylic oxidation sites excluding steroid dienone is 5. The average molecular weight is 416 g/mol. The summed E-state index contributed by atoms with van der Waals surface area (Å²) in [4.78, 5) is 21.6. The lowest BCUT2D eigenvalue weighted by molar-refractivity contribution is -0.115. The van der Waals surface area contributed by atoms with Crippen LogP contribution in [0.3, 0.4) is 0 Å². The van der Waals surface area contributed by atoms with Gasteiger partial charge in [0.05, 0.1) is 18.3 Å². The molecule has 0 spiro atoms. The molecule has 31 heavy (non-hydrogen) atoms. The van der Waals surface area contributed by atoms with Gasteiger partial charge in [0.15, 0.2) is 5.82 Å². The zero-order valence-corrected chi connectivity index (χ0v) is 17.2. The van der Waals surface area contributed by atoms with Gasteiger partial charge in [0, 0.05) is 17.7 Å². The van der Waals surface area contributed by atoms with E-state index in [1.165, 1.54) is 7.11 Å². The van der Waals surface area contributed by atoms with E-state index in [2.05, 4.69) is 34.0 Å². The lowest BCUT2D eigenvalue weighted by Crippen LogP contribution is -2.09. The van der Waals surface area contributed by atoms with E-state index in [1.54, 1.807) is 24.3 Å². The summed E-state index contributed by atoms with van der Waals surface area (Å²) in [5, 5.41) is 13.4. The quantitative estimate of drug-likeness (QED) is 0.369. The smallest absolute Gasteiger partial charge is 0.228 e. The second-order valence-corrected chi connectivity index (χ2v) is 7.17. The minimum atomic E-state index is -0.0861. The molecule has 7 nitrogen and oxygen atoms in total. The van der Waals surface area contributed by atoms with Crippen molar-refractivity contribution in [2.24, 2.45) is 0 Å². The maximum absolute atomic E-state index is 12.2. The zero-order valence-electron chi connectivity index (χ0n) is 17.2. The molecule has 0 bridgehead atoms. The Bertz CT molecular complexity index is 1170. The summed E-state index contributed by atoms with van der Waals surface area (Å²) in [7, 11) is 1.52. The number of carbonyl (C=O) groups is 1. The van der Waals surface area contributed by atoms with Gasteiger partial charge >= 0.3 is 0 Å². The van der Waals surface area contributed by atoms with Gasteiger partial charge in [-0.05, 0) is 60.9 Å². The van der Waals surface area contributed by atoms with Crippen molar-refractivity contribution < 1.29 is 14.8 Å². The van der Waals surface area contributed by atoms with Gasteiger partial charge in [-0.15, -0.1) is 0 Å². The Morgan fingerprint density at radius 2 is 2.00 bits per heavy atom. The number of hydrogen-bond acceptors (Lipinski definition) is 5. The second-order valence-electron chi connectivity index (χ2n) is 7.17. The van der Waals surface area contributed by atoms with Crippen molar-refractivity contribution in [2.75, 3.05) is 17.9 Å². The summed E-state index contributed by atoms with van der Waals surface area (Å²) in [6, 6.07) is 12.6. The molecule has 0 fully saturated rings. The molecule has 4 rings (SSSR count). The molecular weight excluding hydrogens is 392 g/mol. The fourth-order valence-corrected chi connectivity index (χ4v) is 3.41. The molecule has 1 heterocycles. The number of carbonyl (C=O) groups excluding carboxylic acids is 1. The van der Waals surface area contributed by atoms with E-state index in [-0.39, 0.29) is 5.91 Å². The summed E-state index contributed by atoms with van der Waals surface area (Å²) in [6.07, 6.45) is 12.6. The summed E-state index contributed by atoms with van der Waals surface area (Å²) in [5.74, 6) is 0.330. The highest BCUT2D eigenvalue weighted by Gasteiger charge is 2.13. The number of nitrogens with zero attached hydrogens (tertiary/aromatic N) is 2. The van der Waals surface area contributed by atoms with E-state index in [9.17, 15) is 10.0 Å². The topological polar surface area (TPSA) is 88.4 Å². The van der Waals surface area contributed by atoms with Gasteiger partial charge in [-0.25, -0.2) is 4.98 Å². The number of imidazole rings is 1. The number of nitrogens with one attached hydrogen (secondary N) is 2. The summed E-state index contributed by atoms with van der Waals surface area (Å²) in [5.41, 5.74) is 7.21. The number of amides is 1. The zero-order chi connectivity index (χ0) is 21.6. The molecule has 2 aromatic carbocycles. The first-order valence-electron chi connectivity index (χ1n) is 10.1.